The van der Waals surface area contributed by atoms with Crippen LogP contribution >= 0.6 is 24.0 Å². The lowest BCUT2D eigenvalue weighted by molar-refractivity contribution is 0.155. The highest BCUT2D eigenvalue weighted by Crippen LogP contribution is 2.23. The van der Waals surface area contributed by atoms with Crippen LogP contribution in [0.5, 0.6) is 5.75 Å². The van der Waals surface area contributed by atoms with Crippen molar-refractivity contribution in [1.29, 1.82) is 0 Å². The standard InChI is InChI=1S/C20H29N3O.HI/c1-21-20(23-17-9-5-6-10-17)22-15-16-8-7-13-19(14-16)24-18-11-3-2-4-12-18;/h5-8,13-14,17-18H,2-4,9-12,15H2,1H3,(H2,21,22,23);1H. The van der Waals surface area contributed by atoms with Gasteiger partial charge in [0.2, 0.25) is 0 Å². The minimum Gasteiger partial charge on any atom is -0.490 e. The summed E-state index contributed by atoms with van der Waals surface area (Å²) in [4.78, 5) is 4.32. The second-order valence-corrected chi connectivity index (χ2v) is 6.74. The van der Waals surface area contributed by atoms with Gasteiger partial charge in [-0.3, -0.25) is 4.99 Å². The predicted octanol–water partition coefficient (Wildman–Crippen LogP) is 4.40. The summed E-state index contributed by atoms with van der Waals surface area (Å²) in [7, 11) is 1.82. The molecule has 0 unspecified atom stereocenters. The minimum atomic E-state index is 0. The van der Waals surface area contributed by atoms with E-state index in [9.17, 15) is 0 Å². The van der Waals surface area contributed by atoms with E-state index in [4.69, 9.17) is 4.74 Å². The third-order valence-corrected chi connectivity index (χ3v) is 4.79. The first kappa shape index (κ1) is 20.1. The van der Waals surface area contributed by atoms with E-state index in [-0.39, 0.29) is 24.0 Å². The van der Waals surface area contributed by atoms with Gasteiger partial charge in [-0.2, -0.15) is 0 Å². The lowest BCUT2D eigenvalue weighted by atomic mass is 9.98. The van der Waals surface area contributed by atoms with E-state index in [0.29, 0.717) is 12.1 Å². The van der Waals surface area contributed by atoms with Crippen molar-refractivity contribution in [3.8, 4) is 5.75 Å². The maximum absolute atomic E-state index is 6.15. The van der Waals surface area contributed by atoms with Gasteiger partial charge < -0.3 is 15.4 Å². The van der Waals surface area contributed by atoms with E-state index in [1.54, 1.807) is 0 Å². The molecule has 2 aliphatic carbocycles. The highest BCUT2D eigenvalue weighted by Gasteiger charge is 2.15. The van der Waals surface area contributed by atoms with Gasteiger partial charge in [-0.15, -0.1) is 24.0 Å². The van der Waals surface area contributed by atoms with Crippen molar-refractivity contribution in [1.82, 2.24) is 10.6 Å². The number of nitrogens with one attached hydrogen (secondary N) is 2. The normalized spacial score (nSPS) is 18.7. The van der Waals surface area contributed by atoms with Gasteiger partial charge in [0.1, 0.15) is 5.75 Å². The number of halogens is 1. The van der Waals surface area contributed by atoms with E-state index in [0.717, 1.165) is 31.1 Å². The average molecular weight is 455 g/mol. The molecule has 4 nitrogen and oxygen atoms in total. The maximum atomic E-state index is 6.15. The molecule has 0 bridgehead atoms. The molecule has 0 aliphatic heterocycles. The molecule has 5 heteroatoms. The van der Waals surface area contributed by atoms with Crippen LogP contribution in [0.2, 0.25) is 0 Å². The van der Waals surface area contributed by atoms with Crippen molar-refractivity contribution >= 4 is 29.9 Å². The number of rotatable bonds is 5. The molecule has 2 aliphatic rings. The summed E-state index contributed by atoms with van der Waals surface area (Å²) in [5, 5.41) is 6.86. The first-order chi connectivity index (χ1) is 11.8. The molecule has 25 heavy (non-hydrogen) atoms. The van der Waals surface area contributed by atoms with Crippen molar-refractivity contribution in [2.24, 2.45) is 4.99 Å². The SMILES string of the molecule is CN=C(NCc1cccc(OC2CCCCC2)c1)NC1CC=CC1.I. The van der Waals surface area contributed by atoms with Gasteiger partial charge in [-0.25, -0.2) is 0 Å². The average Bonchev–Trinajstić information content (AvgIpc) is 3.13. The van der Waals surface area contributed by atoms with Gasteiger partial charge in [-0.05, 0) is 56.2 Å². The van der Waals surface area contributed by atoms with E-state index in [2.05, 4.69) is 52.0 Å². The molecule has 0 saturated heterocycles. The van der Waals surface area contributed by atoms with Gasteiger partial charge in [0.05, 0.1) is 6.10 Å². The topological polar surface area (TPSA) is 45.7 Å². The van der Waals surface area contributed by atoms with Gasteiger partial charge in [0.25, 0.3) is 0 Å². The monoisotopic (exact) mass is 455 g/mol. The quantitative estimate of drug-likeness (QED) is 0.300. The highest BCUT2D eigenvalue weighted by atomic mass is 127. The smallest absolute Gasteiger partial charge is 0.191 e. The molecule has 0 heterocycles. The molecule has 138 valence electrons. The first-order valence-corrected chi connectivity index (χ1v) is 9.21. The number of nitrogens with zero attached hydrogens (tertiary/aromatic N) is 1. The molecular weight excluding hydrogens is 425 g/mol. The largest absolute Gasteiger partial charge is 0.490 e. The number of guanidine groups is 1. The minimum absolute atomic E-state index is 0. The Kier molecular flexibility index (Phi) is 8.58. The van der Waals surface area contributed by atoms with E-state index in [1.807, 2.05) is 7.05 Å². The summed E-state index contributed by atoms with van der Waals surface area (Å²) in [6.45, 7) is 0.752. The predicted molar refractivity (Wildman–Crippen MR) is 115 cm³/mol. The lowest BCUT2D eigenvalue weighted by Gasteiger charge is -2.23. The van der Waals surface area contributed by atoms with Crippen molar-refractivity contribution < 1.29 is 4.74 Å². The Labute approximate surface area is 168 Å². The molecule has 0 radical (unpaired) electrons. The fourth-order valence-corrected chi connectivity index (χ4v) is 3.41. The fourth-order valence-electron chi connectivity index (χ4n) is 3.41. The zero-order valence-electron chi connectivity index (χ0n) is 15.0. The molecule has 1 fully saturated rings. The van der Waals surface area contributed by atoms with E-state index >= 15 is 0 Å². The maximum Gasteiger partial charge on any atom is 0.191 e. The fraction of sp³-hybridized carbons (Fsp3) is 0.550. The van der Waals surface area contributed by atoms with Crippen molar-refractivity contribution in [3.63, 3.8) is 0 Å². The molecule has 0 atom stereocenters. The number of aliphatic imine (C=N–C) groups is 1. The van der Waals surface area contributed by atoms with Crippen LogP contribution in [0.3, 0.4) is 0 Å². The van der Waals surface area contributed by atoms with Crippen LogP contribution in [0.1, 0.15) is 50.5 Å². The van der Waals surface area contributed by atoms with Crippen molar-refractivity contribution in [2.45, 2.75) is 63.6 Å². The zero-order chi connectivity index (χ0) is 16.6. The van der Waals surface area contributed by atoms with Crippen LogP contribution in [0, 0.1) is 0 Å². The van der Waals surface area contributed by atoms with Gasteiger partial charge in [0.15, 0.2) is 5.96 Å². The Morgan fingerprint density at radius 3 is 2.64 bits per heavy atom. The van der Waals surface area contributed by atoms with Crippen molar-refractivity contribution in [2.75, 3.05) is 7.05 Å². The number of hydrogen-bond donors (Lipinski definition) is 2. The summed E-state index contributed by atoms with van der Waals surface area (Å²) < 4.78 is 6.15. The number of benzene rings is 1. The second kappa shape index (κ2) is 10.7. The van der Waals surface area contributed by atoms with Crippen LogP contribution < -0.4 is 15.4 Å². The van der Waals surface area contributed by atoms with Crippen LogP contribution in [0.25, 0.3) is 0 Å². The summed E-state index contributed by atoms with van der Waals surface area (Å²) in [5.74, 6) is 1.85. The van der Waals surface area contributed by atoms with E-state index < -0.39 is 0 Å². The van der Waals surface area contributed by atoms with Crippen LogP contribution in [-0.2, 0) is 6.54 Å². The third kappa shape index (κ3) is 6.53. The molecule has 0 spiro atoms. The highest BCUT2D eigenvalue weighted by molar-refractivity contribution is 14.0. The van der Waals surface area contributed by atoms with E-state index in [1.165, 1.54) is 37.7 Å². The number of hydrogen-bond acceptors (Lipinski definition) is 2. The van der Waals surface area contributed by atoms with Gasteiger partial charge in [0, 0.05) is 19.6 Å². The molecule has 3 rings (SSSR count). The second-order valence-electron chi connectivity index (χ2n) is 6.74. The van der Waals surface area contributed by atoms with Gasteiger partial charge >= 0.3 is 0 Å². The van der Waals surface area contributed by atoms with Gasteiger partial charge in [-0.1, -0.05) is 30.7 Å². The molecule has 0 aromatic heterocycles. The Bertz CT molecular complexity index is 574. The zero-order valence-corrected chi connectivity index (χ0v) is 17.4. The molecule has 1 aromatic carbocycles. The van der Waals surface area contributed by atoms with Crippen LogP contribution in [0.15, 0.2) is 41.4 Å². The Morgan fingerprint density at radius 1 is 1.16 bits per heavy atom. The summed E-state index contributed by atoms with van der Waals surface area (Å²) >= 11 is 0. The third-order valence-electron chi connectivity index (χ3n) is 4.79. The summed E-state index contributed by atoms with van der Waals surface area (Å²) in [6.07, 6.45) is 13.3. The Morgan fingerprint density at radius 2 is 1.92 bits per heavy atom. The Hall–Kier alpha value is -1.24. The number of ether oxygens (including phenoxy) is 1. The Balaban J connectivity index is 0.00000225. The summed E-state index contributed by atoms with van der Waals surface area (Å²) in [5.41, 5.74) is 1.22. The molecule has 1 aromatic rings. The van der Waals surface area contributed by atoms with Crippen LogP contribution in [-0.4, -0.2) is 25.2 Å². The molecule has 2 N–H and O–H groups in total. The summed E-state index contributed by atoms with van der Waals surface area (Å²) in [6, 6.07) is 8.89. The lowest BCUT2D eigenvalue weighted by Crippen LogP contribution is -2.42. The first-order valence-electron chi connectivity index (χ1n) is 9.21. The van der Waals surface area contributed by atoms with Crippen molar-refractivity contribution in [3.05, 3.63) is 42.0 Å². The molecule has 1 saturated carbocycles. The molecule has 0 amide bonds. The molecular formula is C20H30IN3O. The van der Waals surface area contributed by atoms with Crippen LogP contribution in [0.4, 0.5) is 0 Å².